The van der Waals surface area contributed by atoms with Gasteiger partial charge >= 0.3 is 17.7 Å². The quantitative estimate of drug-likeness (QED) is 0.667. The summed E-state index contributed by atoms with van der Waals surface area (Å²) in [5.41, 5.74) is 6.21. The van der Waals surface area contributed by atoms with Gasteiger partial charge in [-0.15, -0.1) is 0 Å². The fourth-order valence-corrected chi connectivity index (χ4v) is 1.85. The van der Waals surface area contributed by atoms with Gasteiger partial charge in [0.1, 0.15) is 0 Å². The Morgan fingerprint density at radius 2 is 2.00 bits per heavy atom. The monoisotopic (exact) mass is 299 g/mol. The summed E-state index contributed by atoms with van der Waals surface area (Å²) in [6.07, 6.45) is 3.86. The van der Waals surface area contributed by atoms with Gasteiger partial charge in [-0.25, -0.2) is 4.79 Å². The third-order valence-electron chi connectivity index (χ3n) is 2.90. The number of hydrogen-bond donors (Lipinski definition) is 2. The Kier molecular flexibility index (Phi) is 6.23. The average molecular weight is 299 g/mol. The van der Waals surface area contributed by atoms with Crippen LogP contribution in [0.3, 0.4) is 0 Å². The number of carbonyl (C=O) groups excluding carboxylic acids is 2. The molecule has 1 atom stereocenters. The summed E-state index contributed by atoms with van der Waals surface area (Å²) >= 11 is 0. The second-order valence-electron chi connectivity index (χ2n) is 4.38. The first-order valence-corrected chi connectivity index (χ1v) is 6.84. The van der Waals surface area contributed by atoms with Crippen molar-refractivity contribution in [2.24, 2.45) is 5.73 Å². The van der Waals surface area contributed by atoms with Gasteiger partial charge in [0.05, 0.1) is 25.2 Å². The van der Waals surface area contributed by atoms with Crippen LogP contribution in [0.25, 0.3) is 0 Å². The van der Waals surface area contributed by atoms with E-state index in [4.69, 9.17) is 19.9 Å². The van der Waals surface area contributed by atoms with Gasteiger partial charge in [0.2, 0.25) is 0 Å². The second-order valence-corrected chi connectivity index (χ2v) is 4.38. The van der Waals surface area contributed by atoms with Gasteiger partial charge in [-0.1, -0.05) is 0 Å². The molecule has 0 spiro atoms. The van der Waals surface area contributed by atoms with Crippen LogP contribution >= 0.6 is 0 Å². The Labute approximate surface area is 123 Å². The molecule has 1 aliphatic heterocycles. The maximum absolute atomic E-state index is 11.7. The van der Waals surface area contributed by atoms with Crippen molar-refractivity contribution in [3.05, 3.63) is 23.6 Å². The number of hydrogen-bond acceptors (Lipinski definition) is 7. The zero-order chi connectivity index (χ0) is 15.9. The lowest BCUT2D eigenvalue weighted by Crippen LogP contribution is -2.48. The topological polar surface area (TPSA) is 108 Å². The first kappa shape index (κ1) is 17.0. The minimum atomic E-state index is -2.30. The van der Waals surface area contributed by atoms with Gasteiger partial charge in [-0.2, -0.15) is 0 Å². The molecule has 3 N–H and O–H groups in total. The molecule has 7 nitrogen and oxygen atoms in total. The molecule has 0 aliphatic carbocycles. The highest BCUT2D eigenvalue weighted by molar-refractivity contribution is 5.82. The maximum atomic E-state index is 11.7. The molecule has 0 saturated heterocycles. The summed E-state index contributed by atoms with van der Waals surface area (Å²) in [6, 6.07) is 0. The summed E-state index contributed by atoms with van der Waals surface area (Å²) in [6.45, 7) is 3.78. The van der Waals surface area contributed by atoms with Crippen LogP contribution in [0.15, 0.2) is 23.6 Å². The molecule has 1 unspecified atom stereocenters. The Bertz CT molecular complexity index is 456. The number of nitrogens with two attached hydrogens (primary N) is 1. The molecule has 0 saturated carbocycles. The van der Waals surface area contributed by atoms with E-state index in [-0.39, 0.29) is 24.7 Å². The molecule has 7 heteroatoms. The fourth-order valence-electron chi connectivity index (χ4n) is 1.85. The minimum absolute atomic E-state index is 0.0969. The van der Waals surface area contributed by atoms with Crippen LogP contribution in [0, 0.1) is 0 Å². The number of aliphatic hydroxyl groups is 1. The van der Waals surface area contributed by atoms with Crippen LogP contribution in [0.5, 0.6) is 0 Å². The summed E-state index contributed by atoms with van der Waals surface area (Å²) < 4.78 is 14.5. The molecule has 1 aliphatic rings. The van der Waals surface area contributed by atoms with E-state index in [1.54, 1.807) is 19.9 Å². The molecule has 21 heavy (non-hydrogen) atoms. The highest BCUT2D eigenvalue weighted by Gasteiger charge is 2.45. The first-order valence-electron chi connectivity index (χ1n) is 6.84. The third kappa shape index (κ3) is 4.22. The lowest BCUT2D eigenvalue weighted by molar-refractivity contribution is -0.199. The molecule has 0 amide bonds. The van der Waals surface area contributed by atoms with Crippen molar-refractivity contribution in [3.63, 3.8) is 0 Å². The zero-order valence-corrected chi connectivity index (χ0v) is 12.3. The molecule has 0 fully saturated rings. The molecule has 0 radical (unpaired) electrons. The average Bonchev–Trinajstić information content (AvgIpc) is 2.44. The SMILES string of the molecule is CCOC(=O)CCCC1=C(N)C(O)(C(=O)OCC)OC=C1. The molecule has 0 aromatic carbocycles. The Balaban J connectivity index is 2.69. The molecule has 0 aromatic heterocycles. The van der Waals surface area contributed by atoms with Crippen molar-refractivity contribution in [1.29, 1.82) is 0 Å². The molecule has 118 valence electrons. The van der Waals surface area contributed by atoms with E-state index >= 15 is 0 Å². The molecule has 1 rings (SSSR count). The van der Waals surface area contributed by atoms with Crippen LogP contribution in [-0.2, 0) is 23.8 Å². The predicted molar refractivity (Wildman–Crippen MR) is 73.5 cm³/mol. The van der Waals surface area contributed by atoms with E-state index in [1.807, 2.05) is 0 Å². The highest BCUT2D eigenvalue weighted by atomic mass is 16.7. The second kappa shape index (κ2) is 7.68. The molecule has 0 aromatic rings. The fraction of sp³-hybridized carbons (Fsp3) is 0.571. The van der Waals surface area contributed by atoms with Crippen LogP contribution in [-0.4, -0.2) is 36.0 Å². The van der Waals surface area contributed by atoms with Crippen LogP contribution in [0.4, 0.5) is 0 Å². The summed E-state index contributed by atoms with van der Waals surface area (Å²) in [7, 11) is 0. The summed E-state index contributed by atoms with van der Waals surface area (Å²) in [5, 5.41) is 10.2. The smallest absolute Gasteiger partial charge is 0.386 e. The van der Waals surface area contributed by atoms with Crippen molar-refractivity contribution in [3.8, 4) is 0 Å². The van der Waals surface area contributed by atoms with E-state index in [0.29, 0.717) is 25.0 Å². The van der Waals surface area contributed by atoms with Gasteiger partial charge in [0.15, 0.2) is 0 Å². The summed E-state index contributed by atoms with van der Waals surface area (Å²) in [4.78, 5) is 23.0. The van der Waals surface area contributed by atoms with Crippen molar-refractivity contribution in [2.75, 3.05) is 13.2 Å². The zero-order valence-electron chi connectivity index (χ0n) is 12.3. The predicted octanol–water partition coefficient (Wildman–Crippen LogP) is 0.728. The van der Waals surface area contributed by atoms with E-state index in [2.05, 4.69) is 0 Å². The number of carbonyl (C=O) groups is 2. The molecular formula is C14H21NO6. The van der Waals surface area contributed by atoms with Crippen molar-refractivity contribution < 1.29 is 28.9 Å². The van der Waals surface area contributed by atoms with Gasteiger partial charge in [-0.3, -0.25) is 4.79 Å². The van der Waals surface area contributed by atoms with Gasteiger partial charge < -0.3 is 25.1 Å². The van der Waals surface area contributed by atoms with Crippen molar-refractivity contribution in [1.82, 2.24) is 0 Å². The lowest BCUT2D eigenvalue weighted by Gasteiger charge is -2.29. The van der Waals surface area contributed by atoms with E-state index in [0.717, 1.165) is 0 Å². The number of ether oxygens (including phenoxy) is 3. The van der Waals surface area contributed by atoms with Crippen LogP contribution in [0.1, 0.15) is 33.1 Å². The van der Waals surface area contributed by atoms with E-state index < -0.39 is 11.8 Å². The minimum Gasteiger partial charge on any atom is -0.466 e. The van der Waals surface area contributed by atoms with E-state index in [1.165, 1.54) is 6.26 Å². The number of allylic oxidation sites excluding steroid dienone is 2. The Morgan fingerprint density at radius 3 is 2.62 bits per heavy atom. The molecule has 1 heterocycles. The molecule has 0 bridgehead atoms. The van der Waals surface area contributed by atoms with Gasteiger partial charge in [0.25, 0.3) is 0 Å². The Morgan fingerprint density at radius 1 is 1.33 bits per heavy atom. The van der Waals surface area contributed by atoms with E-state index in [9.17, 15) is 14.7 Å². The number of rotatable bonds is 7. The normalized spacial score (nSPS) is 20.9. The third-order valence-corrected chi connectivity index (χ3v) is 2.90. The van der Waals surface area contributed by atoms with Crippen LogP contribution in [0.2, 0.25) is 0 Å². The first-order chi connectivity index (χ1) is 9.95. The van der Waals surface area contributed by atoms with Crippen molar-refractivity contribution >= 4 is 11.9 Å². The molecular weight excluding hydrogens is 278 g/mol. The summed E-state index contributed by atoms with van der Waals surface area (Å²) in [5.74, 6) is -3.56. The largest absolute Gasteiger partial charge is 0.466 e. The van der Waals surface area contributed by atoms with Gasteiger partial charge in [0, 0.05) is 6.42 Å². The van der Waals surface area contributed by atoms with Crippen LogP contribution < -0.4 is 5.73 Å². The maximum Gasteiger partial charge on any atom is 0.386 e. The van der Waals surface area contributed by atoms with Crippen molar-refractivity contribution in [2.45, 2.75) is 38.9 Å². The van der Waals surface area contributed by atoms with Gasteiger partial charge in [-0.05, 0) is 38.3 Å². The lowest BCUT2D eigenvalue weighted by atomic mass is 10.00. The Hall–Kier alpha value is -2.02. The standard InChI is InChI=1S/C14H21NO6/c1-3-19-11(16)7-5-6-10-8-9-21-14(18,12(10)15)13(17)20-4-2/h8-9,18H,3-7,15H2,1-2H3. The number of esters is 2. The highest BCUT2D eigenvalue weighted by Crippen LogP contribution is 2.27.